The lowest BCUT2D eigenvalue weighted by molar-refractivity contribution is -0.142. The average Bonchev–Trinajstić information content (AvgIpc) is 2.79. The van der Waals surface area contributed by atoms with Crippen molar-refractivity contribution < 1.29 is 19.5 Å². The van der Waals surface area contributed by atoms with Crippen LogP contribution in [0.5, 0.6) is 0 Å². The molecule has 1 aliphatic rings. The number of amides is 3. The van der Waals surface area contributed by atoms with Gasteiger partial charge >= 0.3 is 12.0 Å². The zero-order valence-electron chi connectivity index (χ0n) is 12.3. The van der Waals surface area contributed by atoms with E-state index in [1.807, 2.05) is 13.8 Å². The number of nitrogens with zero attached hydrogens (tertiary/aromatic N) is 2. The predicted molar refractivity (Wildman–Crippen MR) is 73.2 cm³/mol. The minimum absolute atomic E-state index is 0.00575. The molecule has 1 heterocycles. The van der Waals surface area contributed by atoms with Crippen molar-refractivity contribution in [2.24, 2.45) is 11.8 Å². The number of aliphatic carboxylic acids is 1. The second-order valence-corrected chi connectivity index (χ2v) is 5.20. The quantitative estimate of drug-likeness (QED) is 0.756. The Hall–Kier alpha value is -1.79. The average molecular weight is 285 g/mol. The number of carboxylic acid groups (broad SMARTS) is 1. The van der Waals surface area contributed by atoms with Crippen LogP contribution in [0.15, 0.2) is 0 Å². The molecule has 0 aliphatic carbocycles. The van der Waals surface area contributed by atoms with Crippen LogP contribution in [0.3, 0.4) is 0 Å². The molecule has 0 radical (unpaired) electrons. The van der Waals surface area contributed by atoms with Gasteiger partial charge in [-0.05, 0) is 12.3 Å². The summed E-state index contributed by atoms with van der Waals surface area (Å²) in [5.74, 6) is -1.70. The maximum absolute atomic E-state index is 12.4. The highest BCUT2D eigenvalue weighted by Crippen LogP contribution is 2.24. The highest BCUT2D eigenvalue weighted by atomic mass is 16.4. The maximum atomic E-state index is 12.4. The van der Waals surface area contributed by atoms with E-state index < -0.39 is 11.9 Å². The third kappa shape index (κ3) is 3.85. The number of likely N-dealkylation sites (tertiary alicyclic amines) is 1. The molecule has 114 valence electrons. The summed E-state index contributed by atoms with van der Waals surface area (Å²) in [6, 6.07) is -0.258. The normalized spacial score (nSPS) is 21.6. The Balaban J connectivity index is 2.70. The van der Waals surface area contributed by atoms with Crippen LogP contribution in [0, 0.1) is 11.8 Å². The molecule has 0 bridgehead atoms. The van der Waals surface area contributed by atoms with Crippen LogP contribution in [-0.2, 0) is 9.59 Å². The van der Waals surface area contributed by atoms with Crippen molar-refractivity contribution >= 4 is 17.9 Å². The molecule has 0 aromatic carbocycles. The van der Waals surface area contributed by atoms with Crippen LogP contribution >= 0.6 is 0 Å². The summed E-state index contributed by atoms with van der Waals surface area (Å²) < 4.78 is 0. The Kier molecular flexibility index (Phi) is 5.79. The van der Waals surface area contributed by atoms with E-state index in [2.05, 4.69) is 5.32 Å². The van der Waals surface area contributed by atoms with Gasteiger partial charge in [-0.3, -0.25) is 9.59 Å². The Bertz CT molecular complexity index is 386. The van der Waals surface area contributed by atoms with E-state index in [0.29, 0.717) is 13.1 Å². The summed E-state index contributed by atoms with van der Waals surface area (Å²) in [7, 11) is 1.52. The fourth-order valence-electron chi connectivity index (χ4n) is 2.41. The maximum Gasteiger partial charge on any atom is 0.320 e. The molecule has 1 aliphatic heterocycles. The number of rotatable bonds is 5. The summed E-state index contributed by atoms with van der Waals surface area (Å²) in [5, 5.41) is 11.6. The first kappa shape index (κ1) is 16.3. The van der Waals surface area contributed by atoms with E-state index in [1.54, 1.807) is 0 Å². The van der Waals surface area contributed by atoms with E-state index in [9.17, 15) is 14.4 Å². The largest absolute Gasteiger partial charge is 0.481 e. The monoisotopic (exact) mass is 285 g/mol. The molecule has 0 aromatic rings. The van der Waals surface area contributed by atoms with Crippen molar-refractivity contribution in [1.29, 1.82) is 0 Å². The second-order valence-electron chi connectivity index (χ2n) is 5.20. The van der Waals surface area contributed by atoms with Gasteiger partial charge in [0, 0.05) is 26.7 Å². The summed E-state index contributed by atoms with van der Waals surface area (Å²) in [4.78, 5) is 37.9. The van der Waals surface area contributed by atoms with E-state index in [4.69, 9.17) is 5.11 Å². The first-order chi connectivity index (χ1) is 9.40. The number of urea groups is 1. The molecule has 0 unspecified atom stereocenters. The molecule has 1 saturated heterocycles. The number of hydrogen-bond acceptors (Lipinski definition) is 3. The van der Waals surface area contributed by atoms with Gasteiger partial charge in [0.25, 0.3) is 0 Å². The number of likely N-dealkylation sites (N-methyl/N-ethyl adjacent to an activating group) is 1. The zero-order chi connectivity index (χ0) is 15.3. The van der Waals surface area contributed by atoms with Crippen molar-refractivity contribution in [1.82, 2.24) is 15.1 Å². The van der Waals surface area contributed by atoms with Gasteiger partial charge in [-0.2, -0.15) is 0 Å². The van der Waals surface area contributed by atoms with E-state index >= 15 is 0 Å². The third-order valence-corrected chi connectivity index (χ3v) is 3.58. The summed E-state index contributed by atoms with van der Waals surface area (Å²) in [5.41, 5.74) is 0. The third-order valence-electron chi connectivity index (χ3n) is 3.58. The Labute approximate surface area is 118 Å². The van der Waals surface area contributed by atoms with Gasteiger partial charge < -0.3 is 20.2 Å². The zero-order valence-corrected chi connectivity index (χ0v) is 12.3. The molecule has 1 fully saturated rings. The summed E-state index contributed by atoms with van der Waals surface area (Å²) in [6.45, 7) is 4.87. The van der Waals surface area contributed by atoms with Gasteiger partial charge in [0.15, 0.2) is 0 Å². The topological polar surface area (TPSA) is 90.0 Å². The molecule has 7 nitrogen and oxygen atoms in total. The first-order valence-electron chi connectivity index (χ1n) is 6.87. The van der Waals surface area contributed by atoms with Crippen molar-refractivity contribution in [2.75, 3.05) is 33.2 Å². The standard InChI is InChI=1S/C13H23N3O4/c1-4-5-15(8-11(17)14-3)13(20)16-6-9(2)10(7-16)12(18)19/h9-10H,4-8H2,1-3H3,(H,14,17)(H,18,19)/t9-,10-/m1/s1. The van der Waals surface area contributed by atoms with Crippen LogP contribution in [0.4, 0.5) is 4.79 Å². The lowest BCUT2D eigenvalue weighted by atomic mass is 9.99. The van der Waals surface area contributed by atoms with Gasteiger partial charge in [0.05, 0.1) is 5.92 Å². The summed E-state index contributed by atoms with van der Waals surface area (Å²) in [6.07, 6.45) is 0.745. The number of carbonyl (C=O) groups is 3. The predicted octanol–water partition coefficient (Wildman–Crippen LogP) is 0.217. The fourth-order valence-corrected chi connectivity index (χ4v) is 2.41. The first-order valence-corrected chi connectivity index (χ1v) is 6.87. The molecule has 2 atom stereocenters. The Morgan fingerprint density at radius 1 is 1.35 bits per heavy atom. The number of hydrogen-bond donors (Lipinski definition) is 2. The van der Waals surface area contributed by atoms with Gasteiger partial charge in [-0.15, -0.1) is 0 Å². The van der Waals surface area contributed by atoms with Crippen LogP contribution in [0.25, 0.3) is 0 Å². The number of carbonyl (C=O) groups excluding carboxylic acids is 2. The second kappa shape index (κ2) is 7.12. The summed E-state index contributed by atoms with van der Waals surface area (Å²) >= 11 is 0. The van der Waals surface area contributed by atoms with Gasteiger partial charge in [0.1, 0.15) is 6.54 Å². The van der Waals surface area contributed by atoms with Crippen LogP contribution in [0.1, 0.15) is 20.3 Å². The highest BCUT2D eigenvalue weighted by Gasteiger charge is 2.38. The Morgan fingerprint density at radius 3 is 2.45 bits per heavy atom. The molecule has 3 amide bonds. The van der Waals surface area contributed by atoms with Crippen molar-refractivity contribution in [3.8, 4) is 0 Å². The Morgan fingerprint density at radius 2 is 2.00 bits per heavy atom. The molecule has 0 saturated carbocycles. The fraction of sp³-hybridized carbons (Fsp3) is 0.769. The van der Waals surface area contributed by atoms with Crippen molar-refractivity contribution in [2.45, 2.75) is 20.3 Å². The van der Waals surface area contributed by atoms with Gasteiger partial charge in [-0.25, -0.2) is 4.79 Å². The van der Waals surface area contributed by atoms with Crippen LogP contribution < -0.4 is 5.32 Å². The molecule has 1 rings (SSSR count). The molecule has 20 heavy (non-hydrogen) atoms. The molecular weight excluding hydrogens is 262 g/mol. The molecule has 0 aromatic heterocycles. The highest BCUT2D eigenvalue weighted by molar-refractivity contribution is 5.84. The molecule has 0 spiro atoms. The van der Waals surface area contributed by atoms with Crippen LogP contribution in [-0.4, -0.2) is 66.0 Å². The molecule has 7 heteroatoms. The van der Waals surface area contributed by atoms with Crippen LogP contribution in [0.2, 0.25) is 0 Å². The molecular formula is C13H23N3O4. The number of carboxylic acids is 1. The van der Waals surface area contributed by atoms with Crippen molar-refractivity contribution in [3.63, 3.8) is 0 Å². The van der Waals surface area contributed by atoms with Gasteiger partial charge in [0.2, 0.25) is 5.91 Å². The number of nitrogens with one attached hydrogen (secondary N) is 1. The minimum atomic E-state index is -0.874. The molecule has 2 N–H and O–H groups in total. The lowest BCUT2D eigenvalue weighted by Crippen LogP contribution is -2.46. The van der Waals surface area contributed by atoms with E-state index in [-0.39, 0.29) is 30.9 Å². The lowest BCUT2D eigenvalue weighted by Gasteiger charge is -2.27. The van der Waals surface area contributed by atoms with Gasteiger partial charge in [-0.1, -0.05) is 13.8 Å². The SMILES string of the molecule is CCCN(CC(=O)NC)C(=O)N1C[C@@H](C)[C@H](C(=O)O)C1. The minimum Gasteiger partial charge on any atom is -0.481 e. The van der Waals surface area contributed by atoms with Crippen molar-refractivity contribution in [3.05, 3.63) is 0 Å². The van der Waals surface area contributed by atoms with E-state index in [1.165, 1.54) is 16.8 Å². The smallest absolute Gasteiger partial charge is 0.320 e. The van der Waals surface area contributed by atoms with E-state index in [0.717, 1.165) is 6.42 Å².